The van der Waals surface area contributed by atoms with Crippen molar-refractivity contribution >= 4 is 0 Å². The minimum Gasteiger partial charge on any atom is -0.0885 e. The second-order valence-electron chi connectivity index (χ2n) is 8.61. The van der Waals surface area contributed by atoms with Crippen molar-refractivity contribution in [1.82, 2.24) is 0 Å². The number of rotatable bonds is 17. The summed E-state index contributed by atoms with van der Waals surface area (Å²) < 4.78 is 0. The molecule has 0 bridgehead atoms. The fourth-order valence-corrected chi connectivity index (χ4v) is 4.65. The van der Waals surface area contributed by atoms with E-state index in [1.807, 2.05) is 0 Å². The minimum atomic E-state index is 1.08. The molecule has 148 valence electrons. The molecule has 0 saturated heterocycles. The van der Waals surface area contributed by atoms with Gasteiger partial charge >= 0.3 is 0 Å². The predicted octanol–water partition coefficient (Wildman–Crippen LogP) is 9.24. The Labute approximate surface area is 160 Å². The van der Waals surface area contributed by atoms with Crippen molar-refractivity contribution in [3.05, 3.63) is 12.2 Å². The lowest BCUT2D eigenvalue weighted by Crippen LogP contribution is -2.08. The molecule has 1 aliphatic rings. The van der Waals surface area contributed by atoms with Gasteiger partial charge in [0.1, 0.15) is 0 Å². The summed E-state index contributed by atoms with van der Waals surface area (Å²) >= 11 is 0. The molecule has 0 nitrogen and oxygen atoms in total. The molecule has 0 unspecified atom stereocenters. The van der Waals surface area contributed by atoms with Gasteiger partial charge in [0.25, 0.3) is 0 Å². The van der Waals surface area contributed by atoms with Crippen LogP contribution in [0.4, 0.5) is 0 Å². The second-order valence-corrected chi connectivity index (χ2v) is 8.61. The average Bonchev–Trinajstić information content (AvgIpc) is 3.07. The first-order valence-corrected chi connectivity index (χ1v) is 12.0. The quantitative estimate of drug-likeness (QED) is 0.181. The molecule has 1 fully saturated rings. The van der Waals surface area contributed by atoms with Gasteiger partial charge in [-0.15, -0.1) is 0 Å². The highest BCUT2D eigenvalue weighted by molar-refractivity contribution is 4.81. The van der Waals surface area contributed by atoms with Gasteiger partial charge in [-0.1, -0.05) is 122 Å². The Kier molecular flexibility index (Phi) is 15.6. The molecule has 1 aliphatic carbocycles. The normalized spacial score (nSPS) is 20.7. The van der Waals surface area contributed by atoms with E-state index in [0.29, 0.717) is 0 Å². The highest BCUT2D eigenvalue weighted by Crippen LogP contribution is 2.38. The van der Waals surface area contributed by atoms with E-state index >= 15 is 0 Å². The van der Waals surface area contributed by atoms with Crippen molar-refractivity contribution < 1.29 is 0 Å². The second kappa shape index (κ2) is 17.2. The van der Waals surface area contributed by atoms with Gasteiger partial charge in [0.2, 0.25) is 0 Å². The monoisotopic (exact) mass is 348 g/mol. The van der Waals surface area contributed by atoms with Crippen LogP contribution in [0.2, 0.25) is 0 Å². The highest BCUT2D eigenvalue weighted by Gasteiger charge is 2.25. The van der Waals surface area contributed by atoms with Crippen LogP contribution in [-0.2, 0) is 0 Å². The first kappa shape index (κ1) is 22.8. The summed E-state index contributed by atoms with van der Waals surface area (Å²) in [5, 5.41) is 0. The molecule has 0 aromatic rings. The molecule has 0 radical (unpaired) electrons. The predicted molar refractivity (Wildman–Crippen MR) is 115 cm³/mol. The smallest absolute Gasteiger partial charge is 0.0351 e. The van der Waals surface area contributed by atoms with Crippen molar-refractivity contribution in [3.63, 3.8) is 0 Å². The number of hydrogen-bond acceptors (Lipinski definition) is 0. The molecule has 1 saturated carbocycles. The van der Waals surface area contributed by atoms with Crippen molar-refractivity contribution in [3.8, 4) is 0 Å². The topological polar surface area (TPSA) is 0 Å². The third kappa shape index (κ3) is 12.7. The zero-order chi connectivity index (χ0) is 18.0. The summed E-state index contributed by atoms with van der Waals surface area (Å²) in [6, 6.07) is 0. The van der Waals surface area contributed by atoms with Crippen LogP contribution in [0.3, 0.4) is 0 Å². The largest absolute Gasteiger partial charge is 0.0885 e. The van der Waals surface area contributed by atoms with E-state index in [-0.39, 0.29) is 0 Å². The van der Waals surface area contributed by atoms with E-state index in [2.05, 4.69) is 26.0 Å². The van der Waals surface area contributed by atoms with E-state index in [9.17, 15) is 0 Å². The Morgan fingerprint density at radius 2 is 1.00 bits per heavy atom. The molecule has 0 heteroatoms. The molecule has 0 amide bonds. The summed E-state index contributed by atoms with van der Waals surface area (Å²) in [5.41, 5.74) is 0. The van der Waals surface area contributed by atoms with Crippen LogP contribution >= 0.6 is 0 Å². The zero-order valence-electron chi connectivity index (χ0n) is 17.7. The Bertz CT molecular complexity index is 290. The Morgan fingerprint density at radius 1 is 0.560 bits per heavy atom. The molecule has 25 heavy (non-hydrogen) atoms. The van der Waals surface area contributed by atoms with E-state index < -0.39 is 0 Å². The minimum absolute atomic E-state index is 1.08. The molecule has 0 heterocycles. The molecule has 0 aromatic carbocycles. The summed E-state index contributed by atoms with van der Waals surface area (Å²) in [6.07, 6.45) is 32.4. The van der Waals surface area contributed by atoms with Gasteiger partial charge in [0.15, 0.2) is 0 Å². The fourth-order valence-electron chi connectivity index (χ4n) is 4.65. The van der Waals surface area contributed by atoms with Gasteiger partial charge in [-0.25, -0.2) is 0 Å². The summed E-state index contributed by atoms with van der Waals surface area (Å²) in [4.78, 5) is 0. The molecule has 1 rings (SSSR count). The highest BCUT2D eigenvalue weighted by atomic mass is 14.3. The van der Waals surface area contributed by atoms with Gasteiger partial charge in [-0.2, -0.15) is 0 Å². The van der Waals surface area contributed by atoms with E-state index in [1.54, 1.807) is 6.42 Å². The maximum absolute atomic E-state index is 2.44. The average molecular weight is 349 g/mol. The van der Waals surface area contributed by atoms with Crippen molar-refractivity contribution in [1.29, 1.82) is 0 Å². The van der Waals surface area contributed by atoms with Crippen LogP contribution < -0.4 is 0 Å². The lowest BCUT2D eigenvalue weighted by molar-refractivity contribution is 0.323. The maximum Gasteiger partial charge on any atom is -0.0351 e. The van der Waals surface area contributed by atoms with Gasteiger partial charge in [0, 0.05) is 0 Å². The Balaban J connectivity index is 1.94. The lowest BCUT2D eigenvalue weighted by Gasteiger charge is -2.19. The zero-order valence-corrected chi connectivity index (χ0v) is 17.7. The van der Waals surface area contributed by atoms with E-state index in [1.165, 1.54) is 116 Å². The Morgan fingerprint density at radius 3 is 1.60 bits per heavy atom. The molecular weight excluding hydrogens is 300 g/mol. The molecule has 0 spiro atoms. The molecular formula is C25H48. The molecule has 0 aliphatic heterocycles. The van der Waals surface area contributed by atoms with Crippen LogP contribution in [0.1, 0.15) is 136 Å². The standard InChI is InChI=1S/C25H48/c1-3-5-7-9-11-12-13-14-16-18-21-25-23-19-22-24(25)20-17-15-10-8-6-4-2/h11-12,24-25H,3-10,13-23H2,1-2H3/b12-11+/t24-,25-/m0/s1. The van der Waals surface area contributed by atoms with Crippen molar-refractivity contribution in [2.45, 2.75) is 136 Å². The van der Waals surface area contributed by atoms with Crippen LogP contribution in [0, 0.1) is 11.8 Å². The molecule has 0 aromatic heterocycles. The number of hydrogen-bond donors (Lipinski definition) is 0. The van der Waals surface area contributed by atoms with Crippen molar-refractivity contribution in [2.24, 2.45) is 11.8 Å². The summed E-state index contributed by atoms with van der Waals surface area (Å²) in [6.45, 7) is 4.60. The summed E-state index contributed by atoms with van der Waals surface area (Å²) in [7, 11) is 0. The van der Waals surface area contributed by atoms with E-state index in [0.717, 1.165) is 11.8 Å². The third-order valence-corrected chi connectivity index (χ3v) is 6.33. The maximum atomic E-state index is 2.44. The summed E-state index contributed by atoms with van der Waals surface area (Å²) in [5.74, 6) is 2.17. The number of allylic oxidation sites excluding steroid dienone is 2. The van der Waals surface area contributed by atoms with Crippen LogP contribution in [0.15, 0.2) is 12.2 Å². The van der Waals surface area contributed by atoms with Crippen LogP contribution in [0.25, 0.3) is 0 Å². The van der Waals surface area contributed by atoms with Crippen LogP contribution in [0.5, 0.6) is 0 Å². The first-order valence-electron chi connectivity index (χ1n) is 12.0. The van der Waals surface area contributed by atoms with Gasteiger partial charge in [0.05, 0.1) is 0 Å². The van der Waals surface area contributed by atoms with Gasteiger partial charge in [-0.3, -0.25) is 0 Å². The fraction of sp³-hybridized carbons (Fsp3) is 0.920. The Hall–Kier alpha value is -0.260. The van der Waals surface area contributed by atoms with Crippen LogP contribution in [-0.4, -0.2) is 0 Å². The van der Waals surface area contributed by atoms with Gasteiger partial charge in [-0.05, 0) is 37.5 Å². The van der Waals surface area contributed by atoms with Crippen molar-refractivity contribution in [2.75, 3.05) is 0 Å². The number of unbranched alkanes of at least 4 members (excludes halogenated alkanes) is 11. The lowest BCUT2D eigenvalue weighted by atomic mass is 9.87. The first-order chi connectivity index (χ1) is 12.4. The SMILES string of the molecule is CCCCC/C=C/CCCCC[C@H]1CCC[C@@H]1CCCCCCCC. The third-order valence-electron chi connectivity index (χ3n) is 6.33. The molecule has 2 atom stereocenters. The molecule has 0 N–H and O–H groups in total. The van der Waals surface area contributed by atoms with E-state index in [4.69, 9.17) is 0 Å². The van der Waals surface area contributed by atoms with Gasteiger partial charge < -0.3 is 0 Å².